The van der Waals surface area contributed by atoms with Crippen LogP contribution in [-0.2, 0) is 0 Å². The normalized spacial score (nSPS) is 9.69. The van der Waals surface area contributed by atoms with Gasteiger partial charge in [0.25, 0.3) is 0 Å². The number of hydrogen-bond donors (Lipinski definition) is 2. The Labute approximate surface area is 96.8 Å². The molecule has 0 amide bonds. The fourth-order valence-electron chi connectivity index (χ4n) is 0.794. The third kappa shape index (κ3) is 2.65. The monoisotopic (exact) mass is 258 g/mol. The minimum atomic E-state index is -2.70. The molecule has 0 bridgehead atoms. The third-order valence-electron chi connectivity index (χ3n) is 1.39. The average molecular weight is 258 g/mol. The predicted molar refractivity (Wildman–Crippen MR) is 47.0 cm³/mol. The van der Waals surface area contributed by atoms with E-state index in [0.29, 0.717) is 0 Å². The van der Waals surface area contributed by atoms with E-state index in [9.17, 15) is 22.0 Å². The van der Waals surface area contributed by atoms with Gasteiger partial charge in [0.1, 0.15) is 0 Å². The standard InChI is InChI=1S/C6H2BF5O3.Al.3H/c8-1-2(9)4(11)6(15-7(13)14)5(12)3(1)10;;;;/h13-14H;;;;. The van der Waals surface area contributed by atoms with E-state index < -0.39 is 42.2 Å². The van der Waals surface area contributed by atoms with E-state index in [1.54, 1.807) is 0 Å². The molecular formula is C6H5AlBF5O3. The Kier molecular flexibility index (Phi) is 5.22. The molecule has 2 N–H and O–H groups in total. The van der Waals surface area contributed by atoms with Crippen molar-refractivity contribution in [3.8, 4) is 5.75 Å². The Morgan fingerprint density at radius 2 is 1.06 bits per heavy atom. The molecule has 0 radical (unpaired) electrons. The summed E-state index contributed by atoms with van der Waals surface area (Å²) < 4.78 is 66.3. The lowest BCUT2D eigenvalue weighted by atomic mass is 10.2. The van der Waals surface area contributed by atoms with E-state index in [-0.39, 0.29) is 17.4 Å². The Bertz CT molecular complexity index is 373. The highest BCUT2D eigenvalue weighted by atomic mass is 27.0. The highest BCUT2D eigenvalue weighted by molar-refractivity contribution is 6.33. The summed E-state index contributed by atoms with van der Waals surface area (Å²) in [5.74, 6) is -13.1. The molecule has 0 aliphatic heterocycles. The van der Waals surface area contributed by atoms with Crippen LogP contribution in [0, 0.1) is 29.1 Å². The molecule has 0 unspecified atom stereocenters. The third-order valence-corrected chi connectivity index (χ3v) is 1.39. The fraction of sp³-hybridized carbons (Fsp3) is 0. The summed E-state index contributed by atoms with van der Waals surface area (Å²) in [5, 5.41) is 16.3. The van der Waals surface area contributed by atoms with Gasteiger partial charge in [-0.25, -0.2) is 13.2 Å². The molecule has 16 heavy (non-hydrogen) atoms. The lowest BCUT2D eigenvalue weighted by Crippen LogP contribution is -2.23. The second kappa shape index (κ2) is 5.50. The minimum Gasteiger partial charge on any atom is -0.507 e. The maximum Gasteiger partial charge on any atom is 0.707 e. The van der Waals surface area contributed by atoms with Crippen LogP contribution in [0.2, 0.25) is 0 Å². The molecule has 3 nitrogen and oxygen atoms in total. The first-order chi connectivity index (χ1) is 6.86. The van der Waals surface area contributed by atoms with E-state index in [1.807, 2.05) is 0 Å². The van der Waals surface area contributed by atoms with E-state index in [0.717, 1.165) is 0 Å². The number of rotatable bonds is 2. The summed E-state index contributed by atoms with van der Waals surface area (Å²) in [6, 6.07) is 0. The summed E-state index contributed by atoms with van der Waals surface area (Å²) in [4.78, 5) is 0. The van der Waals surface area contributed by atoms with E-state index >= 15 is 0 Å². The summed E-state index contributed by atoms with van der Waals surface area (Å²) in [5.41, 5.74) is 0. The molecule has 0 aromatic heterocycles. The lowest BCUT2D eigenvalue weighted by molar-refractivity contribution is 0.263. The molecule has 0 saturated carbocycles. The fourth-order valence-corrected chi connectivity index (χ4v) is 0.794. The van der Waals surface area contributed by atoms with Gasteiger partial charge in [-0.2, -0.15) is 8.78 Å². The van der Waals surface area contributed by atoms with Gasteiger partial charge in [0.05, 0.1) is 0 Å². The second-order valence-corrected chi connectivity index (χ2v) is 2.34. The van der Waals surface area contributed by atoms with Crippen LogP contribution in [0.3, 0.4) is 0 Å². The molecule has 0 saturated heterocycles. The van der Waals surface area contributed by atoms with Crippen molar-refractivity contribution in [1.29, 1.82) is 0 Å². The smallest absolute Gasteiger partial charge is 0.507 e. The molecule has 1 aromatic rings. The van der Waals surface area contributed by atoms with Crippen LogP contribution < -0.4 is 4.65 Å². The van der Waals surface area contributed by atoms with E-state index in [2.05, 4.69) is 4.65 Å². The van der Waals surface area contributed by atoms with Crippen molar-refractivity contribution in [2.75, 3.05) is 0 Å². The van der Waals surface area contributed by atoms with Crippen LogP contribution in [0.5, 0.6) is 5.75 Å². The first kappa shape index (κ1) is 15.2. The molecule has 1 rings (SSSR count). The molecule has 1 aromatic carbocycles. The van der Waals surface area contributed by atoms with Crippen LogP contribution >= 0.6 is 0 Å². The van der Waals surface area contributed by atoms with Gasteiger partial charge < -0.3 is 14.7 Å². The van der Waals surface area contributed by atoms with Gasteiger partial charge in [-0.1, -0.05) is 0 Å². The molecular weight excluding hydrogens is 253 g/mol. The molecule has 0 heterocycles. The Balaban J connectivity index is 0.00000225. The lowest BCUT2D eigenvalue weighted by Gasteiger charge is -2.08. The summed E-state index contributed by atoms with van der Waals surface area (Å²) in [6.45, 7) is 0. The number of benzene rings is 1. The van der Waals surface area contributed by atoms with E-state index in [1.165, 1.54) is 0 Å². The van der Waals surface area contributed by atoms with Crippen molar-refractivity contribution in [3.63, 3.8) is 0 Å². The van der Waals surface area contributed by atoms with E-state index in [4.69, 9.17) is 10.0 Å². The highest BCUT2D eigenvalue weighted by Crippen LogP contribution is 2.28. The second-order valence-electron chi connectivity index (χ2n) is 2.34. The van der Waals surface area contributed by atoms with Gasteiger partial charge in [0.2, 0.25) is 29.1 Å². The maximum atomic E-state index is 12.7. The molecule has 0 spiro atoms. The van der Waals surface area contributed by atoms with Gasteiger partial charge >= 0.3 is 7.32 Å². The summed E-state index contributed by atoms with van der Waals surface area (Å²) in [7, 11) is -2.70. The van der Waals surface area contributed by atoms with Crippen molar-refractivity contribution >= 4 is 24.7 Å². The summed E-state index contributed by atoms with van der Waals surface area (Å²) >= 11 is 0. The van der Waals surface area contributed by atoms with Crippen LogP contribution in [0.25, 0.3) is 0 Å². The molecule has 0 aliphatic carbocycles. The van der Waals surface area contributed by atoms with Crippen molar-refractivity contribution in [1.82, 2.24) is 0 Å². The Morgan fingerprint density at radius 3 is 1.38 bits per heavy atom. The Hall–Kier alpha value is -0.813. The Morgan fingerprint density at radius 1 is 0.750 bits per heavy atom. The minimum absolute atomic E-state index is 0. The maximum absolute atomic E-state index is 12.7. The zero-order chi connectivity index (χ0) is 11.7. The van der Waals surface area contributed by atoms with Crippen molar-refractivity contribution < 1.29 is 36.7 Å². The van der Waals surface area contributed by atoms with Gasteiger partial charge in [-0.3, -0.25) is 0 Å². The summed E-state index contributed by atoms with van der Waals surface area (Å²) in [6.07, 6.45) is 0. The highest BCUT2D eigenvalue weighted by Gasteiger charge is 2.29. The van der Waals surface area contributed by atoms with Gasteiger partial charge in [0.15, 0.2) is 23.1 Å². The first-order valence-electron chi connectivity index (χ1n) is 3.40. The molecule has 0 aliphatic rings. The molecule has 0 fully saturated rings. The quantitative estimate of drug-likeness (QED) is 0.327. The number of halogens is 5. The van der Waals surface area contributed by atoms with Crippen LogP contribution in [0.15, 0.2) is 0 Å². The largest absolute Gasteiger partial charge is 0.707 e. The van der Waals surface area contributed by atoms with Crippen molar-refractivity contribution in [2.24, 2.45) is 0 Å². The average Bonchev–Trinajstić information content (AvgIpc) is 2.18. The van der Waals surface area contributed by atoms with Crippen molar-refractivity contribution in [2.45, 2.75) is 0 Å². The number of hydrogen-bond acceptors (Lipinski definition) is 3. The van der Waals surface area contributed by atoms with Gasteiger partial charge in [-0.05, 0) is 0 Å². The first-order valence-corrected chi connectivity index (χ1v) is 3.40. The topological polar surface area (TPSA) is 49.7 Å². The van der Waals surface area contributed by atoms with Crippen LogP contribution in [0.4, 0.5) is 22.0 Å². The zero-order valence-electron chi connectivity index (χ0n) is 6.77. The van der Waals surface area contributed by atoms with Crippen LogP contribution in [-0.4, -0.2) is 34.7 Å². The zero-order valence-corrected chi connectivity index (χ0v) is 6.77. The molecule has 10 heteroatoms. The van der Waals surface area contributed by atoms with Gasteiger partial charge in [0, 0.05) is 0 Å². The molecule has 0 atom stereocenters. The van der Waals surface area contributed by atoms with Gasteiger partial charge in [-0.15, -0.1) is 0 Å². The predicted octanol–water partition coefficient (Wildman–Crippen LogP) is -0.454. The van der Waals surface area contributed by atoms with Crippen molar-refractivity contribution in [3.05, 3.63) is 29.1 Å². The van der Waals surface area contributed by atoms with Crippen LogP contribution in [0.1, 0.15) is 0 Å². The SMILES string of the molecule is OB(O)Oc1c(F)c(F)c(F)c(F)c1F.[AlH3]. The molecule has 88 valence electrons.